The van der Waals surface area contributed by atoms with Gasteiger partial charge >= 0.3 is 5.97 Å². The number of carboxylic acid groups (broad SMARTS) is 1. The highest BCUT2D eigenvalue weighted by Crippen LogP contribution is 2.41. The normalized spacial score (nSPS) is 19.2. The summed E-state index contributed by atoms with van der Waals surface area (Å²) >= 11 is 1.55. The van der Waals surface area contributed by atoms with Gasteiger partial charge in [0.25, 0.3) is 0 Å². The largest absolute Gasteiger partial charge is 0.487 e. The van der Waals surface area contributed by atoms with Crippen LogP contribution < -0.4 is 15.4 Å². The number of amides is 3. The molecule has 0 bridgehead atoms. The van der Waals surface area contributed by atoms with Gasteiger partial charge in [-0.15, -0.1) is 11.3 Å². The molecule has 11 nitrogen and oxygen atoms in total. The van der Waals surface area contributed by atoms with E-state index in [0.29, 0.717) is 31.6 Å². The fourth-order valence-corrected chi connectivity index (χ4v) is 6.10. The number of benzene rings is 1. The average Bonchev–Trinajstić information content (AvgIpc) is 3.56. The summed E-state index contributed by atoms with van der Waals surface area (Å²) < 4.78 is 5.88. The minimum absolute atomic E-state index is 0.0413. The third kappa shape index (κ3) is 7.46. The van der Waals surface area contributed by atoms with Crippen molar-refractivity contribution in [2.45, 2.75) is 97.1 Å². The predicted octanol–water partition coefficient (Wildman–Crippen LogP) is 3.41. The lowest BCUT2D eigenvalue weighted by molar-refractivity contribution is -0.142. The number of aliphatic hydroxyl groups is 1. The Morgan fingerprint density at radius 1 is 1.17 bits per heavy atom. The molecule has 4 rings (SSSR count). The molecule has 0 unspecified atom stereocenters. The van der Waals surface area contributed by atoms with E-state index >= 15 is 0 Å². The number of unbranched alkanes of at least 4 members (excludes halogenated alkanes) is 2. The Labute approximate surface area is 249 Å². The Morgan fingerprint density at radius 3 is 2.62 bits per heavy atom. The third-order valence-corrected chi connectivity index (χ3v) is 8.63. The first-order chi connectivity index (χ1) is 19.8. The van der Waals surface area contributed by atoms with Crippen LogP contribution in [0.4, 0.5) is 0 Å². The first-order valence-corrected chi connectivity index (χ1v) is 15.2. The van der Waals surface area contributed by atoms with Crippen LogP contribution in [0.5, 0.6) is 5.75 Å². The highest BCUT2D eigenvalue weighted by Gasteiger charge is 2.42. The first-order valence-electron chi connectivity index (χ1n) is 14.3. The number of ether oxygens (including phenoxy) is 1. The van der Waals surface area contributed by atoms with E-state index < -0.39 is 35.6 Å². The van der Waals surface area contributed by atoms with Crippen LogP contribution in [0.15, 0.2) is 23.7 Å². The predicted molar refractivity (Wildman–Crippen MR) is 157 cm³/mol. The number of likely N-dealkylation sites (tertiary alicyclic amines) is 1. The Balaban J connectivity index is 1.40. The SMILES string of the molecule is C[C@@H](C(=O)N[C@@H]1C[C@@H](O)CN1C(=O)[C@@H](NC(=O)CCCCCC(=O)O)C(C)(C)C)c1ccc2c(c1)OCc1ncsc1-2. The molecular formula is C30H40N4O7S. The van der Waals surface area contributed by atoms with Crippen molar-refractivity contribution in [1.82, 2.24) is 20.5 Å². The van der Waals surface area contributed by atoms with E-state index in [1.54, 1.807) is 23.8 Å². The number of β-amino-alcohol motifs (C(OH)–C–C–N with tert-alkyl or cyclic N) is 1. The molecule has 1 saturated heterocycles. The van der Waals surface area contributed by atoms with Gasteiger partial charge in [0.1, 0.15) is 24.6 Å². The van der Waals surface area contributed by atoms with Crippen molar-refractivity contribution < 1.29 is 34.1 Å². The zero-order valence-corrected chi connectivity index (χ0v) is 25.3. The summed E-state index contributed by atoms with van der Waals surface area (Å²) in [4.78, 5) is 57.4. The van der Waals surface area contributed by atoms with Crippen LogP contribution in [0.3, 0.4) is 0 Å². The van der Waals surface area contributed by atoms with E-state index in [2.05, 4.69) is 15.6 Å². The number of aliphatic carboxylic acids is 1. The zero-order valence-electron chi connectivity index (χ0n) is 24.5. The van der Waals surface area contributed by atoms with Gasteiger partial charge in [-0.2, -0.15) is 0 Å². The van der Waals surface area contributed by atoms with Crippen LogP contribution in [-0.2, 0) is 25.8 Å². The number of aromatic nitrogens is 1. The van der Waals surface area contributed by atoms with Crippen molar-refractivity contribution in [2.24, 2.45) is 5.41 Å². The third-order valence-electron chi connectivity index (χ3n) is 7.73. The van der Waals surface area contributed by atoms with Gasteiger partial charge in [-0.3, -0.25) is 19.2 Å². The van der Waals surface area contributed by atoms with E-state index in [4.69, 9.17) is 9.84 Å². The summed E-state index contributed by atoms with van der Waals surface area (Å²) in [6.07, 6.45) is 0.473. The summed E-state index contributed by atoms with van der Waals surface area (Å²) in [5.41, 5.74) is 3.76. The number of nitrogens with one attached hydrogen (secondary N) is 2. The molecule has 4 atom stereocenters. The smallest absolute Gasteiger partial charge is 0.303 e. The molecule has 0 aliphatic carbocycles. The van der Waals surface area contributed by atoms with E-state index in [1.165, 1.54) is 4.90 Å². The molecule has 0 spiro atoms. The molecule has 12 heteroatoms. The maximum Gasteiger partial charge on any atom is 0.303 e. The molecular weight excluding hydrogens is 560 g/mol. The van der Waals surface area contributed by atoms with Gasteiger partial charge < -0.3 is 30.5 Å². The van der Waals surface area contributed by atoms with Crippen molar-refractivity contribution >= 4 is 35.0 Å². The van der Waals surface area contributed by atoms with Gasteiger partial charge in [-0.05, 0) is 42.9 Å². The number of carbonyl (C=O) groups is 4. The van der Waals surface area contributed by atoms with Crippen molar-refractivity contribution in [3.63, 3.8) is 0 Å². The summed E-state index contributed by atoms with van der Waals surface area (Å²) in [6, 6.07) is 4.81. The molecule has 2 aliphatic heterocycles. The van der Waals surface area contributed by atoms with Gasteiger partial charge in [-0.25, -0.2) is 4.98 Å². The van der Waals surface area contributed by atoms with Crippen molar-refractivity contribution in [1.29, 1.82) is 0 Å². The summed E-state index contributed by atoms with van der Waals surface area (Å²) in [6.45, 7) is 7.74. The number of carbonyl (C=O) groups excluding carboxylic acids is 3. The Kier molecular flexibility index (Phi) is 9.88. The monoisotopic (exact) mass is 600 g/mol. The topological polar surface area (TPSA) is 158 Å². The van der Waals surface area contributed by atoms with E-state index in [9.17, 15) is 24.3 Å². The number of carboxylic acids is 1. The summed E-state index contributed by atoms with van der Waals surface area (Å²) in [7, 11) is 0. The van der Waals surface area contributed by atoms with E-state index in [0.717, 1.165) is 21.7 Å². The fraction of sp³-hybridized carbons (Fsp3) is 0.567. The Hall–Kier alpha value is -3.51. The maximum absolute atomic E-state index is 13.8. The quantitative estimate of drug-likeness (QED) is 0.286. The molecule has 42 heavy (non-hydrogen) atoms. The number of rotatable bonds is 11. The van der Waals surface area contributed by atoms with Gasteiger partial charge in [0, 0.05) is 31.4 Å². The summed E-state index contributed by atoms with van der Waals surface area (Å²) in [5.74, 6) is -1.68. The standard InChI is InChI=1S/C30H40N4O7S/c1-17(18-10-11-20-22(12-18)41-15-21-26(20)42-16-31-21)28(39)32-23-13-19(35)14-34(23)29(40)27(30(2,3)4)33-24(36)8-6-5-7-9-25(37)38/h10-12,16-17,19,23,27,35H,5-9,13-15H2,1-4H3,(H,32,39)(H,33,36)(H,37,38)/t17-,19-,23+,27-/m1/s1. The van der Waals surface area contributed by atoms with Crippen LogP contribution in [0.1, 0.15) is 83.4 Å². The van der Waals surface area contributed by atoms with Gasteiger partial charge in [0.05, 0.1) is 28.1 Å². The van der Waals surface area contributed by atoms with Crippen molar-refractivity contribution in [2.75, 3.05) is 6.54 Å². The van der Waals surface area contributed by atoms with Gasteiger partial charge in [-0.1, -0.05) is 33.3 Å². The van der Waals surface area contributed by atoms with Crippen LogP contribution >= 0.6 is 11.3 Å². The second-order valence-corrected chi connectivity index (χ2v) is 13.0. The molecule has 1 aromatic heterocycles. The van der Waals surface area contributed by atoms with Crippen LogP contribution in [0.2, 0.25) is 0 Å². The van der Waals surface area contributed by atoms with E-state index in [1.807, 2.05) is 39.0 Å². The zero-order chi connectivity index (χ0) is 30.6. The highest BCUT2D eigenvalue weighted by atomic mass is 32.1. The molecule has 228 valence electrons. The fourth-order valence-electron chi connectivity index (χ4n) is 5.27. The van der Waals surface area contributed by atoms with Crippen molar-refractivity contribution in [3.8, 4) is 16.2 Å². The summed E-state index contributed by atoms with van der Waals surface area (Å²) in [5, 5.41) is 25.0. The number of hydrogen-bond donors (Lipinski definition) is 4. The highest BCUT2D eigenvalue weighted by molar-refractivity contribution is 7.13. The Bertz CT molecular complexity index is 1320. The molecule has 2 aromatic rings. The lowest BCUT2D eigenvalue weighted by Crippen LogP contribution is -2.58. The van der Waals surface area contributed by atoms with Crippen LogP contribution in [0, 0.1) is 5.41 Å². The number of nitrogens with zero attached hydrogens (tertiary/aromatic N) is 2. The number of aliphatic hydroxyl groups excluding tert-OH is 1. The molecule has 0 saturated carbocycles. The Morgan fingerprint density at radius 2 is 1.90 bits per heavy atom. The molecule has 1 fully saturated rings. The molecule has 3 heterocycles. The van der Waals surface area contributed by atoms with Crippen LogP contribution in [-0.4, -0.2) is 68.6 Å². The molecule has 3 amide bonds. The molecule has 0 radical (unpaired) electrons. The molecule has 1 aromatic carbocycles. The average molecular weight is 601 g/mol. The lowest BCUT2D eigenvalue weighted by Gasteiger charge is -2.36. The van der Waals surface area contributed by atoms with Crippen LogP contribution in [0.25, 0.3) is 10.4 Å². The second-order valence-electron chi connectivity index (χ2n) is 12.1. The van der Waals surface area contributed by atoms with Gasteiger partial charge in [0.2, 0.25) is 17.7 Å². The minimum Gasteiger partial charge on any atom is -0.487 e. The molecule has 4 N–H and O–H groups in total. The van der Waals surface area contributed by atoms with Crippen molar-refractivity contribution in [3.05, 3.63) is 35.0 Å². The number of fused-ring (bicyclic) bond motifs is 3. The number of hydrogen-bond acceptors (Lipinski definition) is 8. The number of thiazole rings is 1. The molecule has 2 aliphatic rings. The second kappa shape index (κ2) is 13.2. The lowest BCUT2D eigenvalue weighted by atomic mass is 9.85. The first kappa shape index (κ1) is 31.4. The van der Waals surface area contributed by atoms with E-state index in [-0.39, 0.29) is 43.5 Å². The minimum atomic E-state index is -0.874. The van der Waals surface area contributed by atoms with Gasteiger partial charge in [0.15, 0.2) is 0 Å². The maximum atomic E-state index is 13.8.